The molecule has 6 heteroatoms. The third-order valence-electron chi connectivity index (χ3n) is 5.64. The fourth-order valence-corrected chi connectivity index (χ4v) is 3.87. The van der Waals surface area contributed by atoms with Crippen LogP contribution >= 0.6 is 0 Å². The molecule has 0 N–H and O–H groups in total. The second-order valence-corrected chi connectivity index (χ2v) is 8.07. The predicted octanol–water partition coefficient (Wildman–Crippen LogP) is 6.30. The molecule has 1 aromatic carbocycles. The van der Waals surface area contributed by atoms with Gasteiger partial charge in [-0.25, -0.2) is 0 Å². The monoisotopic (exact) mass is 443 g/mol. The molecule has 32 heavy (non-hydrogen) atoms. The van der Waals surface area contributed by atoms with Crippen LogP contribution in [-0.4, -0.2) is 38.1 Å². The van der Waals surface area contributed by atoms with Crippen LogP contribution in [0.15, 0.2) is 23.4 Å². The topological polar surface area (TPSA) is 74.2 Å². The minimum absolute atomic E-state index is 0.232. The Labute approximate surface area is 192 Å². The van der Waals surface area contributed by atoms with Gasteiger partial charge in [-0.15, -0.1) is 0 Å². The van der Waals surface area contributed by atoms with Crippen LogP contribution in [0.5, 0.6) is 11.5 Å². The van der Waals surface area contributed by atoms with E-state index in [0.717, 1.165) is 38.5 Å². The van der Waals surface area contributed by atoms with Crippen molar-refractivity contribution in [2.75, 3.05) is 20.8 Å². The van der Waals surface area contributed by atoms with E-state index in [4.69, 9.17) is 14.3 Å². The maximum absolute atomic E-state index is 12.7. The highest BCUT2D eigenvalue weighted by Gasteiger charge is 2.31. The lowest BCUT2D eigenvalue weighted by Gasteiger charge is -2.20. The molecule has 0 heterocycles. The first kappa shape index (κ1) is 25.6. The molecule has 0 saturated heterocycles. The highest BCUT2D eigenvalue weighted by molar-refractivity contribution is 6.25. The fourth-order valence-electron chi connectivity index (χ4n) is 3.87. The van der Waals surface area contributed by atoms with Gasteiger partial charge >= 0.3 is 0 Å². The molecular formula is C26H37NO5. The summed E-state index contributed by atoms with van der Waals surface area (Å²) in [6.45, 7) is 4.91. The van der Waals surface area contributed by atoms with Gasteiger partial charge in [0.1, 0.15) is 18.1 Å². The van der Waals surface area contributed by atoms with Crippen molar-refractivity contribution in [1.29, 1.82) is 0 Å². The van der Waals surface area contributed by atoms with Crippen molar-refractivity contribution >= 4 is 17.3 Å². The summed E-state index contributed by atoms with van der Waals surface area (Å²) in [4.78, 5) is 30.9. The molecule has 1 aliphatic rings. The van der Waals surface area contributed by atoms with Gasteiger partial charge in [-0.1, -0.05) is 57.5 Å². The second-order valence-electron chi connectivity index (χ2n) is 8.07. The molecule has 0 spiro atoms. The van der Waals surface area contributed by atoms with Crippen molar-refractivity contribution < 1.29 is 23.9 Å². The van der Waals surface area contributed by atoms with E-state index in [1.54, 1.807) is 6.07 Å². The molecule has 0 aliphatic heterocycles. The largest absolute Gasteiger partial charge is 0.496 e. The number of rotatable bonds is 15. The zero-order valence-corrected chi connectivity index (χ0v) is 20.0. The molecule has 0 saturated carbocycles. The van der Waals surface area contributed by atoms with E-state index < -0.39 is 0 Å². The van der Waals surface area contributed by atoms with E-state index in [1.165, 1.54) is 45.6 Å². The van der Waals surface area contributed by atoms with Gasteiger partial charge in [0, 0.05) is 5.56 Å². The van der Waals surface area contributed by atoms with Gasteiger partial charge in [0.05, 0.1) is 31.1 Å². The van der Waals surface area contributed by atoms with Crippen molar-refractivity contribution in [1.82, 2.24) is 0 Å². The Kier molecular flexibility index (Phi) is 11.0. The van der Waals surface area contributed by atoms with Gasteiger partial charge in [-0.2, -0.15) is 0 Å². The van der Waals surface area contributed by atoms with Crippen LogP contribution in [0, 0.1) is 0 Å². The molecule has 176 valence electrons. The predicted molar refractivity (Wildman–Crippen MR) is 127 cm³/mol. The van der Waals surface area contributed by atoms with Crippen LogP contribution in [0.3, 0.4) is 0 Å². The molecule has 1 aliphatic carbocycles. The van der Waals surface area contributed by atoms with E-state index in [2.05, 4.69) is 19.0 Å². The molecule has 0 amide bonds. The quantitative estimate of drug-likeness (QED) is 0.181. The molecule has 0 bridgehead atoms. The minimum atomic E-state index is -0.279. The van der Waals surface area contributed by atoms with Crippen LogP contribution in [0.25, 0.3) is 0 Å². The highest BCUT2D eigenvalue weighted by atomic mass is 16.6. The summed E-state index contributed by atoms with van der Waals surface area (Å²) in [6, 6.07) is 1.74. The molecule has 0 unspecified atom stereocenters. The number of ether oxygens (including phenoxy) is 2. The first-order chi connectivity index (χ1) is 15.6. The van der Waals surface area contributed by atoms with Gasteiger partial charge in [0.15, 0.2) is 11.6 Å². The van der Waals surface area contributed by atoms with Crippen LogP contribution < -0.4 is 9.47 Å². The smallest absolute Gasteiger partial charge is 0.190 e. The third kappa shape index (κ3) is 6.68. The van der Waals surface area contributed by atoms with Gasteiger partial charge in [-0.3, -0.25) is 9.59 Å². The second kappa shape index (κ2) is 13.7. The number of carbonyl (C=O) groups excluding carboxylic acids is 2. The van der Waals surface area contributed by atoms with Crippen molar-refractivity contribution in [3.05, 3.63) is 34.9 Å². The van der Waals surface area contributed by atoms with Gasteiger partial charge in [0.2, 0.25) is 0 Å². The number of ketones is 2. The van der Waals surface area contributed by atoms with Crippen LogP contribution in [0.2, 0.25) is 0 Å². The fraction of sp³-hybridized carbons (Fsp3) is 0.577. The summed E-state index contributed by atoms with van der Waals surface area (Å²) in [5.41, 5.74) is 1.82. The van der Waals surface area contributed by atoms with Gasteiger partial charge < -0.3 is 14.3 Å². The molecule has 6 nitrogen and oxygen atoms in total. The van der Waals surface area contributed by atoms with Gasteiger partial charge in [-0.05, 0) is 43.9 Å². The third-order valence-corrected chi connectivity index (χ3v) is 5.64. The maximum Gasteiger partial charge on any atom is 0.190 e. The number of unbranched alkanes of at least 4 members (excludes halogenated alkanes) is 7. The van der Waals surface area contributed by atoms with Crippen molar-refractivity contribution in [3.8, 4) is 11.5 Å². The summed E-state index contributed by atoms with van der Waals surface area (Å²) in [6.07, 6.45) is 13.3. The molecule has 0 fully saturated rings. The number of allylic oxidation sites excluding steroid dienone is 2. The van der Waals surface area contributed by atoms with Crippen LogP contribution in [0.1, 0.15) is 104 Å². The summed E-state index contributed by atoms with van der Waals surface area (Å²) < 4.78 is 11.1. The van der Waals surface area contributed by atoms with E-state index in [9.17, 15) is 9.59 Å². The Hall–Kier alpha value is -2.63. The number of hydrogen-bond donors (Lipinski definition) is 0. The average molecular weight is 444 g/mol. The van der Waals surface area contributed by atoms with Crippen molar-refractivity contribution in [2.45, 2.75) is 78.1 Å². The first-order valence-electron chi connectivity index (χ1n) is 11.8. The Morgan fingerprint density at radius 3 is 2.06 bits per heavy atom. The standard InChI is InChI=1S/C26H37NO5/c1-5-7-9-11-13-17-32-27-20(14-12-10-8-6-2)19-18-23(30-3)24-21(28)15-16-22(29)25(24)26(19)31-4/h15-16,18H,5-14,17H2,1-4H3/b27-20+. The van der Waals surface area contributed by atoms with E-state index in [0.29, 0.717) is 35.8 Å². The Morgan fingerprint density at radius 1 is 0.812 bits per heavy atom. The van der Waals surface area contributed by atoms with E-state index in [-0.39, 0.29) is 22.7 Å². The number of methoxy groups -OCH3 is 2. The lowest BCUT2D eigenvalue weighted by Crippen LogP contribution is -2.18. The number of carbonyl (C=O) groups is 2. The summed E-state index contributed by atoms with van der Waals surface area (Å²) >= 11 is 0. The molecule has 2 rings (SSSR count). The number of nitrogens with zero attached hydrogens (tertiary/aromatic N) is 1. The molecule has 0 atom stereocenters. The lowest BCUT2D eigenvalue weighted by atomic mass is 9.88. The number of fused-ring (bicyclic) bond motifs is 1. The Bertz CT molecular complexity index is 841. The van der Waals surface area contributed by atoms with Crippen LogP contribution in [0.4, 0.5) is 0 Å². The van der Waals surface area contributed by atoms with Crippen molar-refractivity contribution in [3.63, 3.8) is 0 Å². The summed E-state index contributed by atoms with van der Waals surface area (Å²) in [7, 11) is 3.00. The first-order valence-corrected chi connectivity index (χ1v) is 11.8. The Balaban J connectivity index is 2.36. The summed E-state index contributed by atoms with van der Waals surface area (Å²) in [5.74, 6) is 0.147. The summed E-state index contributed by atoms with van der Waals surface area (Å²) in [5, 5.41) is 4.45. The maximum atomic E-state index is 12.7. The molecule has 0 aromatic heterocycles. The molecular weight excluding hydrogens is 406 g/mol. The number of hydrogen-bond acceptors (Lipinski definition) is 6. The number of oxime groups is 1. The lowest BCUT2D eigenvalue weighted by molar-refractivity contribution is 0.0989. The highest BCUT2D eigenvalue weighted by Crippen LogP contribution is 2.38. The van der Waals surface area contributed by atoms with Crippen LogP contribution in [-0.2, 0) is 4.84 Å². The van der Waals surface area contributed by atoms with E-state index in [1.807, 2.05) is 0 Å². The zero-order chi connectivity index (χ0) is 23.3. The number of benzene rings is 1. The van der Waals surface area contributed by atoms with Gasteiger partial charge in [0.25, 0.3) is 0 Å². The Morgan fingerprint density at radius 2 is 1.44 bits per heavy atom. The average Bonchev–Trinajstić information content (AvgIpc) is 2.81. The zero-order valence-electron chi connectivity index (χ0n) is 20.0. The minimum Gasteiger partial charge on any atom is -0.496 e. The molecule has 1 aromatic rings. The normalized spacial score (nSPS) is 13.3. The SMILES string of the molecule is CCCCCCCO/N=C(\CCCCCC)c1cc(OC)c2c(c1OC)C(=O)C=CC2=O. The van der Waals surface area contributed by atoms with Crippen molar-refractivity contribution in [2.24, 2.45) is 5.16 Å². The molecule has 0 radical (unpaired) electrons. The van der Waals surface area contributed by atoms with E-state index >= 15 is 0 Å².